The van der Waals surface area contributed by atoms with Gasteiger partial charge in [-0.1, -0.05) is 24.3 Å². The van der Waals surface area contributed by atoms with Crippen molar-refractivity contribution in [3.63, 3.8) is 0 Å². The summed E-state index contributed by atoms with van der Waals surface area (Å²) in [6.07, 6.45) is -9.19. The van der Waals surface area contributed by atoms with E-state index < -0.39 is 36.0 Å². The Bertz CT molecular complexity index is 1230. The lowest BCUT2D eigenvalue weighted by Gasteiger charge is -2.09. The zero-order valence-corrected chi connectivity index (χ0v) is 22.2. The van der Waals surface area contributed by atoms with Crippen LogP contribution in [0, 0.1) is 0 Å². The minimum absolute atomic E-state index is 0.0592. The SMILES string of the molecule is C/C(=N\NC(=O)CCCCC(=O)N/N=C(\C)c1ccc(NC(=O)C(F)(F)F)cc1)c1ccc(NC(=O)C(F)(F)F)cc1. The van der Waals surface area contributed by atoms with Crippen LogP contribution in [0.5, 0.6) is 0 Å². The highest BCUT2D eigenvalue weighted by Gasteiger charge is 2.39. The van der Waals surface area contributed by atoms with Crippen molar-refractivity contribution in [1.29, 1.82) is 0 Å². The fraction of sp³-hybridized carbons (Fsp3) is 0.308. The summed E-state index contributed by atoms with van der Waals surface area (Å²) in [5.41, 5.74) is 6.30. The first-order valence-electron chi connectivity index (χ1n) is 12.2. The molecule has 0 unspecified atom stereocenters. The van der Waals surface area contributed by atoms with E-state index in [4.69, 9.17) is 0 Å². The van der Waals surface area contributed by atoms with Crippen molar-refractivity contribution in [2.45, 2.75) is 51.9 Å². The van der Waals surface area contributed by atoms with Gasteiger partial charge in [-0.05, 0) is 62.1 Å². The highest BCUT2D eigenvalue weighted by atomic mass is 19.4. The van der Waals surface area contributed by atoms with E-state index in [-0.39, 0.29) is 24.2 Å². The molecule has 42 heavy (non-hydrogen) atoms. The van der Waals surface area contributed by atoms with Crippen LogP contribution in [0.3, 0.4) is 0 Å². The van der Waals surface area contributed by atoms with E-state index in [0.717, 1.165) is 0 Å². The third-order valence-electron chi connectivity index (χ3n) is 5.39. The third-order valence-corrected chi connectivity index (χ3v) is 5.39. The van der Waals surface area contributed by atoms with Crippen LogP contribution >= 0.6 is 0 Å². The average molecular weight is 601 g/mol. The number of nitrogens with zero attached hydrogens (tertiary/aromatic N) is 2. The molecule has 0 aliphatic carbocycles. The molecule has 0 bridgehead atoms. The second kappa shape index (κ2) is 14.7. The zero-order valence-electron chi connectivity index (χ0n) is 22.2. The van der Waals surface area contributed by atoms with Crippen LogP contribution in [-0.4, -0.2) is 47.4 Å². The van der Waals surface area contributed by atoms with Gasteiger partial charge >= 0.3 is 24.2 Å². The molecular formula is C26H26F6N6O4. The summed E-state index contributed by atoms with van der Waals surface area (Å²) in [7, 11) is 0. The average Bonchev–Trinajstić information content (AvgIpc) is 2.92. The summed E-state index contributed by atoms with van der Waals surface area (Å²) in [4.78, 5) is 46.0. The maximum atomic E-state index is 12.3. The van der Waals surface area contributed by atoms with Crippen LogP contribution in [-0.2, 0) is 19.2 Å². The van der Waals surface area contributed by atoms with Gasteiger partial charge in [-0.15, -0.1) is 0 Å². The lowest BCUT2D eigenvalue weighted by atomic mass is 10.1. The molecule has 0 fully saturated rings. The molecule has 10 nitrogen and oxygen atoms in total. The Morgan fingerprint density at radius 1 is 0.595 bits per heavy atom. The molecule has 16 heteroatoms. The zero-order chi connectivity index (χ0) is 31.5. The predicted octanol–water partition coefficient (Wildman–Crippen LogP) is 4.63. The number of unbranched alkanes of at least 4 members (excludes halogenated alkanes) is 1. The summed E-state index contributed by atoms with van der Waals surface area (Å²) in [5.74, 6) is -5.04. The molecule has 0 aromatic heterocycles. The Labute approximate surface area is 235 Å². The van der Waals surface area contributed by atoms with Crippen molar-refractivity contribution < 1.29 is 45.5 Å². The minimum Gasteiger partial charge on any atom is -0.318 e. The van der Waals surface area contributed by atoms with E-state index in [0.29, 0.717) is 35.4 Å². The summed E-state index contributed by atoms with van der Waals surface area (Å²) < 4.78 is 73.9. The number of rotatable bonds is 11. The first kappa shape index (κ1) is 33.4. The molecule has 2 aromatic rings. The normalized spacial score (nSPS) is 12.4. The Morgan fingerprint density at radius 3 is 1.19 bits per heavy atom. The van der Waals surface area contributed by atoms with Crippen LogP contribution in [0.25, 0.3) is 0 Å². The molecule has 226 valence electrons. The van der Waals surface area contributed by atoms with Gasteiger partial charge in [-0.25, -0.2) is 10.9 Å². The molecule has 0 saturated heterocycles. The molecule has 0 heterocycles. The number of amides is 4. The van der Waals surface area contributed by atoms with Crippen LogP contribution in [0.15, 0.2) is 58.7 Å². The largest absolute Gasteiger partial charge is 0.471 e. The molecule has 4 amide bonds. The molecule has 0 aliphatic heterocycles. The van der Waals surface area contributed by atoms with Gasteiger partial charge in [0.25, 0.3) is 0 Å². The van der Waals surface area contributed by atoms with Gasteiger partial charge in [0.1, 0.15) is 0 Å². The minimum atomic E-state index is -5.01. The van der Waals surface area contributed by atoms with Crippen molar-refractivity contribution in [2.75, 3.05) is 10.6 Å². The summed E-state index contributed by atoms with van der Waals surface area (Å²) in [6, 6.07) is 10.7. The number of nitrogens with one attached hydrogen (secondary N) is 4. The number of alkyl halides is 6. The van der Waals surface area contributed by atoms with Gasteiger partial charge in [-0.2, -0.15) is 36.5 Å². The third kappa shape index (κ3) is 11.4. The summed E-state index contributed by atoms with van der Waals surface area (Å²) in [5, 5.41) is 11.3. The molecule has 4 N–H and O–H groups in total. The Kier molecular flexibility index (Phi) is 11.7. The number of benzene rings is 2. The van der Waals surface area contributed by atoms with Crippen LogP contribution < -0.4 is 21.5 Å². The highest BCUT2D eigenvalue weighted by Crippen LogP contribution is 2.20. The highest BCUT2D eigenvalue weighted by molar-refractivity contribution is 6.01. The van der Waals surface area contributed by atoms with Crippen LogP contribution in [0.1, 0.15) is 50.7 Å². The molecular weight excluding hydrogens is 574 g/mol. The van der Waals surface area contributed by atoms with Crippen molar-refractivity contribution in [3.05, 3.63) is 59.7 Å². The van der Waals surface area contributed by atoms with Crippen molar-refractivity contribution in [1.82, 2.24) is 10.9 Å². The number of carbonyl (C=O) groups is 4. The summed E-state index contributed by atoms with van der Waals surface area (Å²) >= 11 is 0. The fourth-order valence-electron chi connectivity index (χ4n) is 3.10. The number of carbonyl (C=O) groups excluding carboxylic acids is 4. The van der Waals surface area contributed by atoms with Gasteiger partial charge in [0.15, 0.2) is 0 Å². The smallest absolute Gasteiger partial charge is 0.318 e. The Hall–Kier alpha value is -4.76. The maximum Gasteiger partial charge on any atom is 0.471 e. The van der Waals surface area contributed by atoms with Crippen LogP contribution in [0.4, 0.5) is 37.7 Å². The molecule has 2 rings (SSSR count). The first-order chi connectivity index (χ1) is 19.6. The van der Waals surface area contributed by atoms with Gasteiger partial charge in [0.2, 0.25) is 11.8 Å². The van der Waals surface area contributed by atoms with Gasteiger partial charge in [-0.3, -0.25) is 19.2 Å². The second-order valence-electron chi connectivity index (χ2n) is 8.73. The number of hydrogen-bond donors (Lipinski definition) is 4. The van der Waals surface area contributed by atoms with Crippen molar-refractivity contribution in [2.24, 2.45) is 10.2 Å². The van der Waals surface area contributed by atoms with E-state index in [1.807, 2.05) is 0 Å². The second-order valence-corrected chi connectivity index (χ2v) is 8.73. The Balaban J connectivity index is 1.71. The molecule has 0 radical (unpaired) electrons. The van der Waals surface area contributed by atoms with Crippen LogP contribution in [0.2, 0.25) is 0 Å². The predicted molar refractivity (Wildman–Crippen MR) is 141 cm³/mol. The maximum absolute atomic E-state index is 12.3. The number of halogens is 6. The lowest BCUT2D eigenvalue weighted by Crippen LogP contribution is -2.29. The summed E-state index contributed by atoms with van der Waals surface area (Å²) in [6.45, 7) is 3.13. The number of hydrogen-bond acceptors (Lipinski definition) is 6. The monoisotopic (exact) mass is 600 g/mol. The van der Waals surface area contributed by atoms with Crippen molar-refractivity contribution in [3.8, 4) is 0 Å². The first-order valence-corrected chi connectivity index (χ1v) is 12.2. The van der Waals surface area contributed by atoms with E-state index >= 15 is 0 Å². The Morgan fingerprint density at radius 2 is 0.905 bits per heavy atom. The van der Waals surface area contributed by atoms with Gasteiger partial charge in [0.05, 0.1) is 11.4 Å². The molecule has 0 spiro atoms. The standard InChI is InChI=1S/C26H26F6N6O4/c1-15(17-7-11-19(12-8-17)33-23(41)25(27,28)29)35-37-21(39)5-3-4-6-22(40)38-36-16(2)18-9-13-20(14-10-18)34-24(42)26(30,31)32/h7-14H,3-6H2,1-2H3,(H,33,41)(H,34,42)(H,37,39)(H,38,40)/b35-15+,36-16+. The lowest BCUT2D eigenvalue weighted by molar-refractivity contribution is -0.167. The molecule has 0 saturated carbocycles. The van der Waals surface area contributed by atoms with E-state index in [9.17, 15) is 45.5 Å². The van der Waals surface area contributed by atoms with Gasteiger partial charge < -0.3 is 10.6 Å². The van der Waals surface area contributed by atoms with E-state index in [2.05, 4.69) is 21.1 Å². The van der Waals surface area contributed by atoms with E-state index in [1.54, 1.807) is 24.5 Å². The number of anilines is 2. The molecule has 0 atom stereocenters. The fourth-order valence-corrected chi connectivity index (χ4v) is 3.10. The number of hydrazone groups is 2. The molecule has 0 aliphatic rings. The quantitative estimate of drug-likeness (QED) is 0.129. The van der Waals surface area contributed by atoms with E-state index in [1.165, 1.54) is 48.5 Å². The van der Waals surface area contributed by atoms with Gasteiger partial charge in [0, 0.05) is 24.2 Å². The molecule has 2 aromatic carbocycles. The van der Waals surface area contributed by atoms with Crippen molar-refractivity contribution >= 4 is 46.4 Å². The topological polar surface area (TPSA) is 141 Å².